The molecule has 1 heterocycles. The Morgan fingerprint density at radius 3 is 2.15 bits per heavy atom. The van der Waals surface area contributed by atoms with Gasteiger partial charge in [0.2, 0.25) is 0 Å². The SMILES string of the molecule is CC(C)C(O)C(O)c1cncnc1. The van der Waals surface area contributed by atoms with Crippen molar-refractivity contribution < 1.29 is 10.2 Å². The highest BCUT2D eigenvalue weighted by molar-refractivity contribution is 5.08. The number of nitrogens with zero attached hydrogens (tertiary/aromatic N) is 2. The van der Waals surface area contributed by atoms with Crippen molar-refractivity contribution in [2.24, 2.45) is 5.92 Å². The molecule has 0 aromatic carbocycles. The third-order valence-corrected chi connectivity index (χ3v) is 1.93. The van der Waals surface area contributed by atoms with Crippen molar-refractivity contribution in [3.63, 3.8) is 0 Å². The van der Waals surface area contributed by atoms with Gasteiger partial charge in [0.05, 0.1) is 6.10 Å². The largest absolute Gasteiger partial charge is 0.390 e. The first kappa shape index (κ1) is 10.1. The highest BCUT2D eigenvalue weighted by Crippen LogP contribution is 2.19. The first-order valence-corrected chi connectivity index (χ1v) is 4.24. The molecule has 1 aromatic rings. The van der Waals surface area contributed by atoms with Gasteiger partial charge in [0.15, 0.2) is 0 Å². The lowest BCUT2D eigenvalue weighted by Crippen LogP contribution is -2.24. The number of hydrogen-bond donors (Lipinski definition) is 2. The molecule has 0 amide bonds. The van der Waals surface area contributed by atoms with Gasteiger partial charge in [-0.2, -0.15) is 0 Å². The maximum atomic E-state index is 9.63. The van der Waals surface area contributed by atoms with E-state index in [2.05, 4.69) is 9.97 Å². The Bertz CT molecular complexity index is 251. The lowest BCUT2D eigenvalue weighted by atomic mass is 9.98. The van der Waals surface area contributed by atoms with E-state index >= 15 is 0 Å². The summed E-state index contributed by atoms with van der Waals surface area (Å²) in [4.78, 5) is 7.53. The molecule has 2 N–H and O–H groups in total. The Morgan fingerprint density at radius 2 is 1.69 bits per heavy atom. The summed E-state index contributed by atoms with van der Waals surface area (Å²) in [5.74, 6) is 0.00945. The molecule has 2 unspecified atom stereocenters. The molecular formula is C9H14N2O2. The molecule has 0 radical (unpaired) electrons. The second-order valence-electron chi connectivity index (χ2n) is 3.35. The monoisotopic (exact) mass is 182 g/mol. The summed E-state index contributed by atoms with van der Waals surface area (Å²) < 4.78 is 0. The molecule has 1 aromatic heterocycles. The summed E-state index contributed by atoms with van der Waals surface area (Å²) in [6.45, 7) is 3.69. The van der Waals surface area contributed by atoms with Crippen LogP contribution in [0.15, 0.2) is 18.7 Å². The summed E-state index contributed by atoms with van der Waals surface area (Å²) in [6.07, 6.45) is 2.72. The van der Waals surface area contributed by atoms with E-state index in [1.165, 1.54) is 18.7 Å². The molecule has 0 saturated heterocycles. The van der Waals surface area contributed by atoms with Gasteiger partial charge in [-0.1, -0.05) is 13.8 Å². The van der Waals surface area contributed by atoms with E-state index < -0.39 is 12.2 Å². The van der Waals surface area contributed by atoms with Gasteiger partial charge in [-0.25, -0.2) is 9.97 Å². The number of aliphatic hydroxyl groups excluding tert-OH is 2. The van der Waals surface area contributed by atoms with Gasteiger partial charge in [-0.05, 0) is 5.92 Å². The minimum atomic E-state index is -0.902. The predicted octanol–water partition coefficient (Wildman–Crippen LogP) is 0.527. The van der Waals surface area contributed by atoms with Crippen molar-refractivity contribution >= 4 is 0 Å². The Morgan fingerprint density at radius 1 is 1.15 bits per heavy atom. The van der Waals surface area contributed by atoms with Crippen LogP contribution in [0.4, 0.5) is 0 Å². The summed E-state index contributed by atoms with van der Waals surface area (Å²) in [6, 6.07) is 0. The lowest BCUT2D eigenvalue weighted by Gasteiger charge is -2.20. The van der Waals surface area contributed by atoms with Crippen molar-refractivity contribution in [3.05, 3.63) is 24.3 Å². The van der Waals surface area contributed by atoms with E-state index in [0.717, 1.165) is 0 Å². The zero-order chi connectivity index (χ0) is 9.84. The van der Waals surface area contributed by atoms with Gasteiger partial charge in [-0.15, -0.1) is 0 Å². The Hall–Kier alpha value is -1.00. The van der Waals surface area contributed by atoms with Crippen LogP contribution in [0.3, 0.4) is 0 Å². The van der Waals surface area contributed by atoms with Crippen molar-refractivity contribution in [1.29, 1.82) is 0 Å². The van der Waals surface area contributed by atoms with Crippen LogP contribution < -0.4 is 0 Å². The maximum absolute atomic E-state index is 9.63. The van der Waals surface area contributed by atoms with Gasteiger partial charge in [0.25, 0.3) is 0 Å². The first-order valence-electron chi connectivity index (χ1n) is 4.24. The van der Waals surface area contributed by atoms with E-state index in [4.69, 9.17) is 0 Å². The van der Waals surface area contributed by atoms with Crippen LogP contribution in [0.2, 0.25) is 0 Å². The van der Waals surface area contributed by atoms with Crippen molar-refractivity contribution in [2.45, 2.75) is 26.1 Å². The fraction of sp³-hybridized carbons (Fsp3) is 0.556. The molecule has 1 rings (SSSR count). The van der Waals surface area contributed by atoms with Crippen molar-refractivity contribution in [1.82, 2.24) is 9.97 Å². The summed E-state index contributed by atoms with van der Waals surface area (Å²) in [5.41, 5.74) is 0.545. The van der Waals surface area contributed by atoms with Crippen LogP contribution >= 0.6 is 0 Å². The van der Waals surface area contributed by atoms with Gasteiger partial charge >= 0.3 is 0 Å². The third-order valence-electron chi connectivity index (χ3n) is 1.93. The molecule has 0 fully saturated rings. The van der Waals surface area contributed by atoms with E-state index in [1.807, 2.05) is 13.8 Å². The van der Waals surface area contributed by atoms with Crippen LogP contribution in [-0.4, -0.2) is 26.3 Å². The number of aliphatic hydroxyl groups is 2. The molecule has 0 bridgehead atoms. The quantitative estimate of drug-likeness (QED) is 0.715. The predicted molar refractivity (Wildman–Crippen MR) is 47.8 cm³/mol. The van der Waals surface area contributed by atoms with Crippen molar-refractivity contribution in [3.8, 4) is 0 Å². The molecule has 4 heteroatoms. The minimum Gasteiger partial charge on any atom is -0.390 e. The van der Waals surface area contributed by atoms with E-state index in [0.29, 0.717) is 5.56 Å². The summed E-state index contributed by atoms with van der Waals surface area (Å²) in [7, 11) is 0. The molecular weight excluding hydrogens is 168 g/mol. The zero-order valence-electron chi connectivity index (χ0n) is 7.75. The average molecular weight is 182 g/mol. The molecule has 0 aliphatic heterocycles. The highest BCUT2D eigenvalue weighted by Gasteiger charge is 2.21. The Balaban J connectivity index is 2.73. The highest BCUT2D eigenvalue weighted by atomic mass is 16.3. The molecule has 0 aliphatic rings. The molecule has 4 nitrogen and oxygen atoms in total. The third kappa shape index (κ3) is 2.47. The lowest BCUT2D eigenvalue weighted by molar-refractivity contribution is -0.00975. The zero-order valence-corrected chi connectivity index (χ0v) is 7.75. The van der Waals surface area contributed by atoms with Gasteiger partial charge < -0.3 is 10.2 Å². The van der Waals surface area contributed by atoms with Gasteiger partial charge in [0, 0.05) is 18.0 Å². The van der Waals surface area contributed by atoms with Crippen LogP contribution in [0.1, 0.15) is 25.5 Å². The Labute approximate surface area is 77.3 Å². The van der Waals surface area contributed by atoms with Crippen molar-refractivity contribution in [2.75, 3.05) is 0 Å². The number of aromatic nitrogens is 2. The van der Waals surface area contributed by atoms with Crippen LogP contribution in [0, 0.1) is 5.92 Å². The topological polar surface area (TPSA) is 66.2 Å². The molecule has 0 saturated carbocycles. The van der Waals surface area contributed by atoms with E-state index in [9.17, 15) is 10.2 Å². The number of hydrogen-bond acceptors (Lipinski definition) is 4. The van der Waals surface area contributed by atoms with Crippen LogP contribution in [-0.2, 0) is 0 Å². The van der Waals surface area contributed by atoms with Crippen LogP contribution in [0.25, 0.3) is 0 Å². The smallest absolute Gasteiger partial charge is 0.115 e. The van der Waals surface area contributed by atoms with E-state index in [1.54, 1.807) is 0 Å². The molecule has 2 atom stereocenters. The van der Waals surface area contributed by atoms with Crippen LogP contribution in [0.5, 0.6) is 0 Å². The molecule has 72 valence electrons. The van der Waals surface area contributed by atoms with Gasteiger partial charge in [0.1, 0.15) is 12.4 Å². The first-order chi connectivity index (χ1) is 6.13. The second kappa shape index (κ2) is 4.30. The maximum Gasteiger partial charge on any atom is 0.115 e. The molecule has 0 aliphatic carbocycles. The average Bonchev–Trinajstić information content (AvgIpc) is 2.17. The molecule has 0 spiro atoms. The Kier molecular flexibility index (Phi) is 3.33. The number of rotatable bonds is 3. The summed E-state index contributed by atoms with van der Waals surface area (Å²) in [5, 5.41) is 19.2. The van der Waals surface area contributed by atoms with E-state index in [-0.39, 0.29) is 5.92 Å². The summed E-state index contributed by atoms with van der Waals surface area (Å²) >= 11 is 0. The van der Waals surface area contributed by atoms with Gasteiger partial charge in [-0.3, -0.25) is 0 Å². The normalized spacial score (nSPS) is 15.8. The second-order valence-corrected chi connectivity index (χ2v) is 3.35. The fourth-order valence-corrected chi connectivity index (χ4v) is 1.03. The molecule has 13 heavy (non-hydrogen) atoms. The minimum absolute atomic E-state index is 0.00945. The standard InChI is InChI=1S/C9H14N2O2/c1-6(2)8(12)9(13)7-3-10-5-11-4-7/h3-6,8-9,12-13H,1-2H3. The fourth-order valence-electron chi connectivity index (χ4n) is 1.03.